The fourth-order valence-electron chi connectivity index (χ4n) is 2.07. The molecule has 0 aromatic rings. The SMILES string of the molecule is CC(C)CN(CCC(=O)O)C(=O)C1CC1(C)C. The molecule has 0 aromatic heterocycles. The maximum Gasteiger partial charge on any atom is 0.305 e. The van der Waals surface area contributed by atoms with Crippen LogP contribution in [0.15, 0.2) is 0 Å². The molecule has 1 N–H and O–H groups in total. The van der Waals surface area contributed by atoms with Gasteiger partial charge >= 0.3 is 5.97 Å². The summed E-state index contributed by atoms with van der Waals surface area (Å²) in [6.07, 6.45) is 0.957. The van der Waals surface area contributed by atoms with Gasteiger partial charge in [-0.2, -0.15) is 0 Å². The summed E-state index contributed by atoms with van der Waals surface area (Å²) in [5.74, 6) is -0.254. The molecule has 1 atom stereocenters. The van der Waals surface area contributed by atoms with E-state index in [0.29, 0.717) is 19.0 Å². The zero-order valence-corrected chi connectivity index (χ0v) is 11.2. The molecule has 98 valence electrons. The first kappa shape index (κ1) is 14.0. The number of rotatable bonds is 6. The molecule has 0 saturated heterocycles. The molecule has 0 spiro atoms. The van der Waals surface area contributed by atoms with Gasteiger partial charge in [-0.3, -0.25) is 9.59 Å². The van der Waals surface area contributed by atoms with Crippen LogP contribution in [0.5, 0.6) is 0 Å². The van der Waals surface area contributed by atoms with Crippen molar-refractivity contribution in [3.63, 3.8) is 0 Å². The molecule has 4 heteroatoms. The summed E-state index contributed by atoms with van der Waals surface area (Å²) >= 11 is 0. The van der Waals surface area contributed by atoms with E-state index in [2.05, 4.69) is 13.8 Å². The Balaban J connectivity index is 2.56. The van der Waals surface area contributed by atoms with Gasteiger partial charge in [-0.25, -0.2) is 0 Å². The van der Waals surface area contributed by atoms with E-state index in [-0.39, 0.29) is 23.7 Å². The van der Waals surface area contributed by atoms with Crippen molar-refractivity contribution >= 4 is 11.9 Å². The van der Waals surface area contributed by atoms with Crippen LogP contribution >= 0.6 is 0 Å². The van der Waals surface area contributed by atoms with Crippen LogP contribution in [-0.4, -0.2) is 35.0 Å². The van der Waals surface area contributed by atoms with Crippen molar-refractivity contribution in [1.29, 1.82) is 0 Å². The summed E-state index contributed by atoms with van der Waals surface area (Å²) in [6, 6.07) is 0. The molecular formula is C13H23NO3. The Morgan fingerprint density at radius 2 is 1.94 bits per heavy atom. The molecule has 1 unspecified atom stereocenters. The van der Waals surface area contributed by atoms with Crippen molar-refractivity contribution in [3.05, 3.63) is 0 Å². The van der Waals surface area contributed by atoms with Gasteiger partial charge in [-0.1, -0.05) is 27.7 Å². The summed E-state index contributed by atoms with van der Waals surface area (Å²) < 4.78 is 0. The van der Waals surface area contributed by atoms with E-state index in [1.165, 1.54) is 0 Å². The van der Waals surface area contributed by atoms with Crippen LogP contribution in [0.4, 0.5) is 0 Å². The zero-order chi connectivity index (χ0) is 13.2. The molecule has 1 saturated carbocycles. The lowest BCUT2D eigenvalue weighted by Crippen LogP contribution is -2.37. The standard InChI is InChI=1S/C13H23NO3/c1-9(2)8-14(6-5-11(15)16)12(17)10-7-13(10,3)4/h9-10H,5-8H2,1-4H3,(H,15,16). The Labute approximate surface area is 103 Å². The van der Waals surface area contributed by atoms with Crippen molar-refractivity contribution in [2.75, 3.05) is 13.1 Å². The molecule has 0 aliphatic heterocycles. The van der Waals surface area contributed by atoms with Crippen molar-refractivity contribution in [3.8, 4) is 0 Å². The fourth-order valence-corrected chi connectivity index (χ4v) is 2.07. The van der Waals surface area contributed by atoms with E-state index < -0.39 is 5.97 Å². The predicted octanol–water partition coefficient (Wildman–Crippen LogP) is 1.99. The second kappa shape index (κ2) is 5.07. The second-order valence-electron chi connectivity index (χ2n) is 6.07. The zero-order valence-electron chi connectivity index (χ0n) is 11.2. The number of aliphatic carboxylic acids is 1. The number of nitrogens with zero attached hydrogens (tertiary/aromatic N) is 1. The average molecular weight is 241 g/mol. The molecule has 0 radical (unpaired) electrons. The molecule has 1 aliphatic rings. The van der Waals surface area contributed by atoms with Gasteiger partial charge < -0.3 is 10.0 Å². The second-order valence-corrected chi connectivity index (χ2v) is 6.07. The van der Waals surface area contributed by atoms with Crippen LogP contribution < -0.4 is 0 Å². The van der Waals surface area contributed by atoms with Crippen LogP contribution in [0, 0.1) is 17.3 Å². The van der Waals surface area contributed by atoms with E-state index in [0.717, 1.165) is 6.42 Å². The summed E-state index contributed by atoms with van der Waals surface area (Å²) in [6.45, 7) is 9.23. The van der Waals surface area contributed by atoms with E-state index in [9.17, 15) is 9.59 Å². The highest BCUT2D eigenvalue weighted by atomic mass is 16.4. The first-order chi connectivity index (χ1) is 7.74. The van der Waals surface area contributed by atoms with Crippen molar-refractivity contribution < 1.29 is 14.7 Å². The fraction of sp³-hybridized carbons (Fsp3) is 0.846. The third-order valence-corrected chi connectivity index (χ3v) is 3.30. The van der Waals surface area contributed by atoms with Crippen molar-refractivity contribution in [1.82, 2.24) is 4.90 Å². The number of carboxylic acids is 1. The van der Waals surface area contributed by atoms with Gasteiger partial charge in [0.2, 0.25) is 5.91 Å². The van der Waals surface area contributed by atoms with E-state index in [1.807, 2.05) is 13.8 Å². The van der Waals surface area contributed by atoms with Crippen molar-refractivity contribution in [2.45, 2.75) is 40.5 Å². The van der Waals surface area contributed by atoms with Gasteiger partial charge in [-0.15, -0.1) is 0 Å². The van der Waals surface area contributed by atoms with Crippen LogP contribution in [0.2, 0.25) is 0 Å². The maximum absolute atomic E-state index is 12.2. The first-order valence-electron chi connectivity index (χ1n) is 6.24. The van der Waals surface area contributed by atoms with Crippen LogP contribution in [-0.2, 0) is 9.59 Å². The van der Waals surface area contributed by atoms with E-state index in [4.69, 9.17) is 5.11 Å². The van der Waals surface area contributed by atoms with Gasteiger partial charge in [-0.05, 0) is 17.8 Å². The van der Waals surface area contributed by atoms with Crippen LogP contribution in [0.1, 0.15) is 40.5 Å². The third kappa shape index (κ3) is 4.02. The minimum atomic E-state index is -0.846. The minimum absolute atomic E-state index is 0.0333. The Kier molecular flexibility index (Phi) is 4.17. The maximum atomic E-state index is 12.2. The highest BCUT2D eigenvalue weighted by Crippen LogP contribution is 2.52. The molecular weight excluding hydrogens is 218 g/mol. The smallest absolute Gasteiger partial charge is 0.305 e. The van der Waals surface area contributed by atoms with Crippen LogP contribution in [0.25, 0.3) is 0 Å². The Morgan fingerprint density at radius 1 is 1.41 bits per heavy atom. The lowest BCUT2D eigenvalue weighted by Gasteiger charge is -2.24. The Bertz CT molecular complexity index is 310. The number of carbonyl (C=O) groups is 2. The molecule has 1 aliphatic carbocycles. The predicted molar refractivity (Wildman–Crippen MR) is 65.6 cm³/mol. The average Bonchev–Trinajstić information content (AvgIpc) is 2.80. The molecule has 1 rings (SSSR count). The Hall–Kier alpha value is -1.06. The number of carboxylic acid groups (broad SMARTS) is 1. The van der Waals surface area contributed by atoms with Gasteiger partial charge in [0, 0.05) is 19.0 Å². The molecule has 1 amide bonds. The van der Waals surface area contributed by atoms with Gasteiger partial charge in [0.1, 0.15) is 0 Å². The number of hydrogen-bond donors (Lipinski definition) is 1. The van der Waals surface area contributed by atoms with Gasteiger partial charge in [0.25, 0.3) is 0 Å². The molecule has 0 aromatic carbocycles. The largest absolute Gasteiger partial charge is 0.481 e. The topological polar surface area (TPSA) is 57.6 Å². The summed E-state index contributed by atoms with van der Waals surface area (Å²) in [7, 11) is 0. The normalized spacial score (nSPS) is 21.4. The van der Waals surface area contributed by atoms with Gasteiger partial charge in [0.15, 0.2) is 0 Å². The van der Waals surface area contributed by atoms with Gasteiger partial charge in [0.05, 0.1) is 6.42 Å². The highest BCUT2D eigenvalue weighted by molar-refractivity contribution is 5.83. The molecule has 0 bridgehead atoms. The monoisotopic (exact) mass is 241 g/mol. The van der Waals surface area contributed by atoms with E-state index >= 15 is 0 Å². The molecule has 4 nitrogen and oxygen atoms in total. The lowest BCUT2D eigenvalue weighted by atomic mass is 10.1. The minimum Gasteiger partial charge on any atom is -0.481 e. The number of hydrogen-bond acceptors (Lipinski definition) is 2. The summed E-state index contributed by atoms with van der Waals surface area (Å²) in [4.78, 5) is 24.5. The third-order valence-electron chi connectivity index (χ3n) is 3.30. The molecule has 1 fully saturated rings. The molecule has 0 heterocycles. The quantitative estimate of drug-likeness (QED) is 0.773. The number of amides is 1. The Morgan fingerprint density at radius 3 is 2.29 bits per heavy atom. The van der Waals surface area contributed by atoms with Crippen molar-refractivity contribution in [2.24, 2.45) is 17.3 Å². The first-order valence-corrected chi connectivity index (χ1v) is 6.24. The summed E-state index contributed by atoms with van der Waals surface area (Å²) in [5, 5.41) is 8.70. The summed E-state index contributed by atoms with van der Waals surface area (Å²) in [5.41, 5.74) is 0.107. The molecule has 17 heavy (non-hydrogen) atoms. The highest BCUT2D eigenvalue weighted by Gasteiger charge is 2.51. The lowest BCUT2D eigenvalue weighted by molar-refractivity contribution is -0.139. The van der Waals surface area contributed by atoms with E-state index in [1.54, 1.807) is 4.90 Å². The number of carbonyl (C=O) groups excluding carboxylic acids is 1. The van der Waals surface area contributed by atoms with Crippen LogP contribution in [0.3, 0.4) is 0 Å².